The lowest BCUT2D eigenvalue weighted by atomic mass is 10.0. The van der Waals surface area contributed by atoms with Crippen LogP contribution in [0.3, 0.4) is 0 Å². The van der Waals surface area contributed by atoms with Gasteiger partial charge in [0.05, 0.1) is 22.1 Å². The highest BCUT2D eigenvalue weighted by Crippen LogP contribution is 2.35. The molecule has 6 nitrogen and oxygen atoms in total. The molecular formula is C14H13F3N2O4S. The van der Waals surface area contributed by atoms with Crippen LogP contribution in [-0.2, 0) is 25.7 Å². The molecule has 0 aromatic heterocycles. The van der Waals surface area contributed by atoms with E-state index in [2.05, 4.69) is 0 Å². The summed E-state index contributed by atoms with van der Waals surface area (Å²) >= 11 is 0. The standard InChI is InChI=1S/C14H13F3N2O4S/c1-13(5-2-6-23-13)12(20)19-24(21,22)11-4-3-9(8-18)7-10(11)14(15,16)17/h3-4,7H,2,5-6H2,1H3,(H,19,20)/t13-/m0/s1. The minimum absolute atomic E-state index is 0.258. The van der Waals surface area contributed by atoms with Crippen molar-refractivity contribution in [3.8, 4) is 6.07 Å². The van der Waals surface area contributed by atoms with Gasteiger partial charge in [0, 0.05) is 6.61 Å². The summed E-state index contributed by atoms with van der Waals surface area (Å²) in [4.78, 5) is 11.0. The van der Waals surface area contributed by atoms with E-state index < -0.39 is 38.2 Å². The van der Waals surface area contributed by atoms with E-state index in [1.165, 1.54) is 13.0 Å². The second-order valence-electron chi connectivity index (χ2n) is 5.44. The summed E-state index contributed by atoms with van der Waals surface area (Å²) in [6.45, 7) is 1.63. The zero-order chi connectivity index (χ0) is 18.2. The molecule has 10 heteroatoms. The Balaban J connectivity index is 2.43. The second-order valence-corrected chi connectivity index (χ2v) is 7.09. The van der Waals surface area contributed by atoms with Crippen LogP contribution in [0.5, 0.6) is 0 Å². The summed E-state index contributed by atoms with van der Waals surface area (Å²) in [5, 5.41) is 8.69. The topological polar surface area (TPSA) is 96.3 Å². The van der Waals surface area contributed by atoms with Crippen LogP contribution in [0.25, 0.3) is 0 Å². The molecule has 1 aliphatic heterocycles. The van der Waals surface area contributed by atoms with Crippen molar-refractivity contribution < 1.29 is 31.1 Å². The van der Waals surface area contributed by atoms with Crippen LogP contribution in [0.4, 0.5) is 13.2 Å². The molecule has 1 atom stereocenters. The van der Waals surface area contributed by atoms with Gasteiger partial charge < -0.3 is 4.74 Å². The minimum atomic E-state index is -5.01. The maximum Gasteiger partial charge on any atom is 0.417 e. The number of nitrogens with one attached hydrogen (secondary N) is 1. The average molecular weight is 362 g/mol. The SMILES string of the molecule is C[C@@]1(C(=O)NS(=O)(=O)c2ccc(C#N)cc2C(F)(F)F)CCCO1. The van der Waals surface area contributed by atoms with Crippen molar-refractivity contribution in [2.45, 2.75) is 36.4 Å². The van der Waals surface area contributed by atoms with Gasteiger partial charge in [-0.15, -0.1) is 0 Å². The first-order valence-electron chi connectivity index (χ1n) is 6.82. The van der Waals surface area contributed by atoms with E-state index in [9.17, 15) is 26.4 Å². The van der Waals surface area contributed by atoms with E-state index >= 15 is 0 Å². The number of carbonyl (C=O) groups is 1. The Kier molecular flexibility index (Phi) is 4.61. The van der Waals surface area contributed by atoms with Crippen LogP contribution in [0, 0.1) is 11.3 Å². The Morgan fingerprint density at radius 1 is 1.42 bits per heavy atom. The fraction of sp³-hybridized carbons (Fsp3) is 0.429. The van der Waals surface area contributed by atoms with Crippen LogP contribution in [0.2, 0.25) is 0 Å². The average Bonchev–Trinajstić information content (AvgIpc) is 2.93. The fourth-order valence-electron chi connectivity index (χ4n) is 2.30. The molecule has 1 fully saturated rings. The smallest absolute Gasteiger partial charge is 0.365 e. The first-order chi connectivity index (χ1) is 11.0. The van der Waals surface area contributed by atoms with Crippen LogP contribution < -0.4 is 4.72 Å². The number of ether oxygens (including phenoxy) is 1. The Bertz CT molecular complexity index is 806. The number of hydrogen-bond acceptors (Lipinski definition) is 5. The molecule has 0 aliphatic carbocycles. The Labute approximate surface area is 136 Å². The number of amides is 1. The molecule has 0 bridgehead atoms. The van der Waals surface area contributed by atoms with Crippen molar-refractivity contribution in [3.63, 3.8) is 0 Å². The summed E-state index contributed by atoms with van der Waals surface area (Å²) < 4.78 is 70.6. The molecule has 0 saturated carbocycles. The van der Waals surface area contributed by atoms with Crippen molar-refractivity contribution in [1.29, 1.82) is 5.26 Å². The van der Waals surface area contributed by atoms with Crippen molar-refractivity contribution in [2.24, 2.45) is 0 Å². The molecule has 1 aliphatic rings. The van der Waals surface area contributed by atoms with Gasteiger partial charge in [0.2, 0.25) is 0 Å². The van der Waals surface area contributed by atoms with Crippen molar-refractivity contribution >= 4 is 15.9 Å². The first-order valence-corrected chi connectivity index (χ1v) is 8.30. The molecule has 24 heavy (non-hydrogen) atoms. The van der Waals surface area contributed by atoms with Crippen LogP contribution in [-0.4, -0.2) is 26.5 Å². The quantitative estimate of drug-likeness (QED) is 0.887. The molecule has 130 valence electrons. The number of rotatable bonds is 3. The highest BCUT2D eigenvalue weighted by atomic mass is 32.2. The van der Waals surface area contributed by atoms with Gasteiger partial charge in [0.1, 0.15) is 5.60 Å². The lowest BCUT2D eigenvalue weighted by molar-refractivity contribution is -0.140. The van der Waals surface area contributed by atoms with Gasteiger partial charge in [-0.3, -0.25) is 4.79 Å². The van der Waals surface area contributed by atoms with Gasteiger partial charge in [0.15, 0.2) is 0 Å². The Morgan fingerprint density at radius 2 is 2.08 bits per heavy atom. The van der Waals surface area contributed by atoms with E-state index in [0.717, 1.165) is 6.07 Å². The third-order valence-electron chi connectivity index (χ3n) is 3.63. The zero-order valence-corrected chi connectivity index (χ0v) is 13.3. The summed E-state index contributed by atoms with van der Waals surface area (Å²) in [5.41, 5.74) is -3.27. The van der Waals surface area contributed by atoms with E-state index in [1.54, 1.807) is 4.72 Å². The third kappa shape index (κ3) is 3.52. The van der Waals surface area contributed by atoms with Crippen LogP contribution in [0.1, 0.15) is 30.9 Å². The number of sulfonamides is 1. The van der Waals surface area contributed by atoms with E-state index in [0.29, 0.717) is 18.6 Å². The Morgan fingerprint density at radius 3 is 2.58 bits per heavy atom. The molecule has 1 heterocycles. The zero-order valence-electron chi connectivity index (χ0n) is 12.5. The molecule has 1 saturated heterocycles. The molecule has 1 amide bonds. The first kappa shape index (κ1) is 18.2. The van der Waals surface area contributed by atoms with Gasteiger partial charge in [-0.25, -0.2) is 13.1 Å². The largest absolute Gasteiger partial charge is 0.417 e. The molecule has 1 N–H and O–H groups in total. The van der Waals surface area contributed by atoms with Crippen molar-refractivity contribution in [2.75, 3.05) is 6.61 Å². The molecule has 1 aromatic carbocycles. The third-order valence-corrected chi connectivity index (χ3v) is 5.02. The van der Waals surface area contributed by atoms with E-state index in [1.807, 2.05) is 0 Å². The number of nitrogens with zero attached hydrogens (tertiary/aromatic N) is 1. The predicted octanol–water partition coefficient (Wildman–Crippen LogP) is 1.95. The summed E-state index contributed by atoms with van der Waals surface area (Å²) in [6.07, 6.45) is -4.21. The molecule has 1 aromatic rings. The fourth-order valence-corrected chi connectivity index (χ4v) is 3.58. The monoisotopic (exact) mass is 362 g/mol. The number of carbonyl (C=O) groups excluding carboxylic acids is 1. The van der Waals surface area contributed by atoms with Gasteiger partial charge in [-0.1, -0.05) is 0 Å². The lowest BCUT2D eigenvalue weighted by Gasteiger charge is -2.22. The number of alkyl halides is 3. The highest BCUT2D eigenvalue weighted by Gasteiger charge is 2.42. The molecule has 0 unspecified atom stereocenters. The van der Waals surface area contributed by atoms with Crippen LogP contribution >= 0.6 is 0 Å². The number of hydrogen-bond donors (Lipinski definition) is 1. The van der Waals surface area contributed by atoms with E-state index in [-0.39, 0.29) is 18.6 Å². The van der Waals surface area contributed by atoms with Gasteiger partial charge >= 0.3 is 6.18 Å². The number of benzene rings is 1. The summed E-state index contributed by atoms with van der Waals surface area (Å²) in [5.74, 6) is -1.03. The highest BCUT2D eigenvalue weighted by molar-refractivity contribution is 7.90. The number of nitriles is 1. The maximum absolute atomic E-state index is 13.1. The lowest BCUT2D eigenvalue weighted by Crippen LogP contribution is -2.46. The van der Waals surface area contributed by atoms with Gasteiger partial charge in [-0.05, 0) is 38.0 Å². The molecular weight excluding hydrogens is 349 g/mol. The van der Waals surface area contributed by atoms with Gasteiger partial charge in [0.25, 0.3) is 15.9 Å². The normalized spacial score (nSPS) is 21.3. The molecule has 0 radical (unpaired) electrons. The van der Waals surface area contributed by atoms with E-state index in [4.69, 9.17) is 10.00 Å². The van der Waals surface area contributed by atoms with Gasteiger partial charge in [-0.2, -0.15) is 18.4 Å². The van der Waals surface area contributed by atoms with Crippen molar-refractivity contribution in [1.82, 2.24) is 4.72 Å². The Hall–Kier alpha value is -2.12. The predicted molar refractivity (Wildman–Crippen MR) is 75.1 cm³/mol. The van der Waals surface area contributed by atoms with Crippen LogP contribution in [0.15, 0.2) is 23.1 Å². The second kappa shape index (κ2) is 6.07. The summed E-state index contributed by atoms with van der Waals surface area (Å²) in [7, 11) is -4.78. The molecule has 2 rings (SSSR count). The summed E-state index contributed by atoms with van der Waals surface area (Å²) in [6, 6.07) is 3.51. The maximum atomic E-state index is 13.1. The van der Waals surface area contributed by atoms with Crippen molar-refractivity contribution in [3.05, 3.63) is 29.3 Å². The molecule has 0 spiro atoms. The minimum Gasteiger partial charge on any atom is -0.365 e. The number of halogens is 3.